The van der Waals surface area contributed by atoms with Crippen molar-refractivity contribution < 1.29 is 16.8 Å². The number of sulfonamides is 1. The first-order valence-corrected chi connectivity index (χ1v) is 17.1. The first-order chi connectivity index (χ1) is 15.4. The molecule has 0 atom stereocenters. The highest BCUT2D eigenvalue weighted by Crippen LogP contribution is 2.23. The topological polar surface area (TPSA) is 71.5 Å². The molecule has 0 aliphatic heterocycles. The van der Waals surface area contributed by atoms with E-state index in [1.165, 1.54) is 22.5 Å². The van der Waals surface area contributed by atoms with Crippen LogP contribution in [0.15, 0.2) is 81.1 Å². The third-order valence-electron chi connectivity index (χ3n) is 4.65. The van der Waals surface area contributed by atoms with E-state index < -0.39 is 27.9 Å². The van der Waals surface area contributed by atoms with Gasteiger partial charge in [-0.25, -0.2) is 16.8 Å². The molecule has 2 aromatic rings. The van der Waals surface area contributed by atoms with Crippen LogP contribution < -0.4 is 0 Å². The minimum atomic E-state index is -3.86. The van der Waals surface area contributed by atoms with Gasteiger partial charge in [-0.3, -0.25) is 0 Å². The molecule has 0 radical (unpaired) electrons. The van der Waals surface area contributed by atoms with Crippen molar-refractivity contribution in [1.29, 1.82) is 0 Å². The van der Waals surface area contributed by atoms with E-state index in [0.717, 1.165) is 5.56 Å². The van der Waals surface area contributed by atoms with Gasteiger partial charge in [0.1, 0.15) is 8.07 Å². The van der Waals surface area contributed by atoms with Crippen molar-refractivity contribution in [1.82, 2.24) is 4.31 Å². The van der Waals surface area contributed by atoms with Crippen LogP contribution in [-0.2, 0) is 19.9 Å². The van der Waals surface area contributed by atoms with Gasteiger partial charge < -0.3 is 0 Å². The quantitative estimate of drug-likeness (QED) is 0.296. The molecule has 176 valence electrons. The Balaban J connectivity index is 2.41. The van der Waals surface area contributed by atoms with Crippen LogP contribution in [0.3, 0.4) is 0 Å². The van der Waals surface area contributed by atoms with E-state index in [2.05, 4.69) is 36.8 Å². The summed E-state index contributed by atoms with van der Waals surface area (Å²) >= 11 is 0. The van der Waals surface area contributed by atoms with Crippen LogP contribution in [0.4, 0.5) is 0 Å². The van der Waals surface area contributed by atoms with Gasteiger partial charge >= 0.3 is 0 Å². The largest absolute Gasteiger partial charge is 0.243 e. The lowest BCUT2D eigenvalue weighted by atomic mass is 10.2. The molecule has 0 aliphatic rings. The summed E-state index contributed by atoms with van der Waals surface area (Å²) in [7, 11) is -9.35. The van der Waals surface area contributed by atoms with E-state index in [1.54, 1.807) is 49.4 Å². The van der Waals surface area contributed by atoms with Gasteiger partial charge in [0.15, 0.2) is 0 Å². The molecule has 0 N–H and O–H groups in total. The average molecular weight is 502 g/mol. The van der Waals surface area contributed by atoms with Crippen LogP contribution in [0.5, 0.6) is 0 Å². The highest BCUT2D eigenvalue weighted by Gasteiger charge is 2.27. The van der Waals surface area contributed by atoms with E-state index in [4.69, 9.17) is 0 Å². The Kier molecular flexibility index (Phi) is 9.07. The molecule has 0 saturated heterocycles. The number of sulfone groups is 1. The van der Waals surface area contributed by atoms with Gasteiger partial charge in [-0.2, -0.15) is 4.31 Å². The second-order valence-electron chi connectivity index (χ2n) is 8.63. The monoisotopic (exact) mass is 501 g/mol. The highest BCUT2D eigenvalue weighted by atomic mass is 32.2. The predicted octanol–water partition coefficient (Wildman–Crippen LogP) is 4.79. The van der Waals surface area contributed by atoms with Crippen LogP contribution in [-0.4, -0.2) is 42.3 Å². The highest BCUT2D eigenvalue weighted by molar-refractivity contribution is 7.95. The number of rotatable bonds is 8. The molecular weight excluding hydrogens is 470 g/mol. The molecule has 8 heteroatoms. The van der Waals surface area contributed by atoms with Crippen molar-refractivity contribution in [3.63, 3.8) is 0 Å². The van der Waals surface area contributed by atoms with Gasteiger partial charge in [0.05, 0.1) is 21.2 Å². The molecule has 2 rings (SSSR count). The molecule has 0 aliphatic carbocycles. The summed E-state index contributed by atoms with van der Waals surface area (Å²) in [5.41, 5.74) is 6.95. The zero-order valence-corrected chi connectivity index (χ0v) is 22.4. The Bertz CT molecular complexity index is 1290. The van der Waals surface area contributed by atoms with Crippen molar-refractivity contribution >= 4 is 27.9 Å². The standard InChI is InChI=1S/C25H31NO4S2Si/c1-6-11-23(31(27,28)24-12-8-7-9-13-24)18-20-26(19-10-21-33(3,4)5)32(29,30)25-16-14-22(2)15-17-25/h6-9,12-17H,18-20H2,1-5H3. The fourth-order valence-corrected chi connectivity index (χ4v) is 6.34. The molecule has 2 aromatic carbocycles. The fraction of sp³-hybridized carbons (Fsp3) is 0.320. The molecule has 0 unspecified atom stereocenters. The van der Waals surface area contributed by atoms with Crippen LogP contribution in [0, 0.1) is 18.4 Å². The molecule has 0 saturated carbocycles. The smallest absolute Gasteiger partial charge is 0.218 e. The van der Waals surface area contributed by atoms with Crippen LogP contribution in [0.1, 0.15) is 18.9 Å². The second-order valence-corrected chi connectivity index (χ2v) is 17.3. The predicted molar refractivity (Wildman–Crippen MR) is 137 cm³/mol. The number of benzene rings is 2. The summed E-state index contributed by atoms with van der Waals surface area (Å²) in [6.45, 7) is 9.78. The minimum absolute atomic E-state index is 0.00498. The first kappa shape index (κ1) is 26.8. The van der Waals surface area contributed by atoms with E-state index in [-0.39, 0.29) is 34.2 Å². The molecule has 5 nitrogen and oxygen atoms in total. The molecule has 0 spiro atoms. The minimum Gasteiger partial charge on any atom is -0.218 e. The lowest BCUT2D eigenvalue weighted by molar-refractivity contribution is 0.450. The molecule has 33 heavy (non-hydrogen) atoms. The van der Waals surface area contributed by atoms with E-state index in [9.17, 15) is 16.8 Å². The number of hydrogen-bond donors (Lipinski definition) is 0. The molecular formula is C25H31NO4S2Si. The normalized spacial score (nSPS) is 11.9. The van der Waals surface area contributed by atoms with E-state index >= 15 is 0 Å². The van der Waals surface area contributed by atoms with Crippen molar-refractivity contribution in [2.45, 2.75) is 49.7 Å². The van der Waals surface area contributed by atoms with Crippen molar-refractivity contribution in [2.24, 2.45) is 0 Å². The Labute approximate surface area is 199 Å². The summed E-state index contributed by atoms with van der Waals surface area (Å²) in [6, 6.07) is 14.7. The fourth-order valence-electron chi connectivity index (χ4n) is 2.95. The molecule has 0 heterocycles. The van der Waals surface area contributed by atoms with E-state index in [0.29, 0.717) is 0 Å². The Morgan fingerprint density at radius 1 is 0.939 bits per heavy atom. The van der Waals surface area contributed by atoms with Gasteiger partial charge in [-0.15, -0.1) is 11.3 Å². The second kappa shape index (κ2) is 11.1. The first-order valence-electron chi connectivity index (χ1n) is 10.6. The Morgan fingerprint density at radius 3 is 2.09 bits per heavy atom. The van der Waals surface area contributed by atoms with Gasteiger partial charge in [0, 0.05) is 13.0 Å². The molecule has 0 amide bonds. The van der Waals surface area contributed by atoms with Crippen LogP contribution in [0.2, 0.25) is 19.6 Å². The van der Waals surface area contributed by atoms with Crippen molar-refractivity contribution in [3.8, 4) is 11.5 Å². The molecule has 0 aromatic heterocycles. The summed E-state index contributed by atoms with van der Waals surface area (Å²) < 4.78 is 54.3. The summed E-state index contributed by atoms with van der Waals surface area (Å²) in [5, 5.41) is 0. The van der Waals surface area contributed by atoms with Crippen LogP contribution in [0.25, 0.3) is 0 Å². The number of nitrogens with zero attached hydrogens (tertiary/aromatic N) is 1. The van der Waals surface area contributed by atoms with Gasteiger partial charge in [-0.1, -0.05) is 61.5 Å². The lowest BCUT2D eigenvalue weighted by Crippen LogP contribution is -2.33. The third kappa shape index (κ3) is 7.56. The molecule has 0 bridgehead atoms. The van der Waals surface area contributed by atoms with Gasteiger partial charge in [0.2, 0.25) is 19.9 Å². The maximum atomic E-state index is 13.4. The maximum absolute atomic E-state index is 13.4. The zero-order valence-electron chi connectivity index (χ0n) is 19.8. The Morgan fingerprint density at radius 2 is 1.55 bits per heavy atom. The van der Waals surface area contributed by atoms with Crippen LogP contribution >= 0.6 is 0 Å². The summed E-state index contributed by atoms with van der Waals surface area (Å²) in [5.74, 6) is 3.01. The number of aryl methyl sites for hydroxylation is 1. The van der Waals surface area contributed by atoms with Crippen molar-refractivity contribution in [2.75, 3.05) is 13.1 Å². The lowest BCUT2D eigenvalue weighted by Gasteiger charge is -2.21. The number of hydrogen-bond acceptors (Lipinski definition) is 4. The van der Waals surface area contributed by atoms with E-state index in [1.807, 2.05) is 6.92 Å². The zero-order chi connectivity index (χ0) is 24.7. The molecule has 0 fully saturated rings. The maximum Gasteiger partial charge on any atom is 0.243 e. The van der Waals surface area contributed by atoms with Crippen molar-refractivity contribution in [3.05, 3.63) is 76.9 Å². The summed E-state index contributed by atoms with van der Waals surface area (Å²) in [6.07, 6.45) is 1.51. The average Bonchev–Trinajstić information content (AvgIpc) is 2.75. The Hall–Kier alpha value is -2.40. The third-order valence-corrected chi connectivity index (χ3v) is 9.30. The van der Waals surface area contributed by atoms with Gasteiger partial charge in [0.25, 0.3) is 0 Å². The van der Waals surface area contributed by atoms with Gasteiger partial charge in [-0.05, 0) is 44.2 Å². The summed E-state index contributed by atoms with van der Waals surface area (Å²) in [4.78, 5) is 0.352. The SMILES string of the molecule is CC=C=C(CCN(CC#C[Si](C)(C)C)S(=O)(=O)c1ccc(C)cc1)S(=O)(=O)c1ccccc1.